The van der Waals surface area contributed by atoms with Crippen LogP contribution in [0.25, 0.3) is 0 Å². The Morgan fingerprint density at radius 1 is 1.11 bits per heavy atom. The van der Waals surface area contributed by atoms with Crippen molar-refractivity contribution in [3.05, 3.63) is 36.4 Å². The summed E-state index contributed by atoms with van der Waals surface area (Å²) < 4.78 is 43.7. The summed E-state index contributed by atoms with van der Waals surface area (Å²) in [4.78, 5) is 27.4. The average molecular weight is 504 g/mol. The van der Waals surface area contributed by atoms with Crippen LogP contribution in [0, 0.1) is 5.92 Å². The van der Waals surface area contributed by atoms with Crippen LogP contribution in [0.2, 0.25) is 0 Å². The zero-order valence-electron chi connectivity index (χ0n) is 19.9. The van der Waals surface area contributed by atoms with Crippen molar-refractivity contribution in [2.24, 2.45) is 5.92 Å². The number of rotatable bonds is 8. The third kappa shape index (κ3) is 4.92. The smallest absolute Gasteiger partial charge is 0.243 e. The van der Waals surface area contributed by atoms with Crippen molar-refractivity contribution in [1.82, 2.24) is 4.31 Å². The van der Waals surface area contributed by atoms with Crippen LogP contribution in [0.5, 0.6) is 17.2 Å². The first-order chi connectivity index (χ1) is 16.8. The molecule has 4 rings (SSSR count). The SMILES string of the molecule is CCN(CC)S(=O)(=O)c1ccc(OC)c(NC(=O)[C@H]2CC(=O)N(c3ccc4c(c3)OCCO4)C2)c1. The van der Waals surface area contributed by atoms with Gasteiger partial charge in [-0.05, 0) is 30.3 Å². The maximum atomic E-state index is 13.1. The number of amides is 2. The first kappa shape index (κ1) is 24.8. The van der Waals surface area contributed by atoms with E-state index in [1.807, 2.05) is 0 Å². The third-order valence-electron chi connectivity index (χ3n) is 6.11. The highest BCUT2D eigenvalue weighted by molar-refractivity contribution is 7.89. The first-order valence-electron chi connectivity index (χ1n) is 11.5. The van der Waals surface area contributed by atoms with Gasteiger partial charge in [-0.3, -0.25) is 9.59 Å². The zero-order chi connectivity index (χ0) is 25.2. The Balaban J connectivity index is 1.52. The van der Waals surface area contributed by atoms with Gasteiger partial charge in [-0.1, -0.05) is 13.8 Å². The zero-order valence-corrected chi connectivity index (χ0v) is 20.8. The van der Waals surface area contributed by atoms with Gasteiger partial charge in [0.05, 0.1) is 23.6 Å². The molecule has 35 heavy (non-hydrogen) atoms. The van der Waals surface area contributed by atoms with Gasteiger partial charge < -0.3 is 24.4 Å². The molecule has 10 nitrogen and oxygen atoms in total. The average Bonchev–Trinajstić information content (AvgIpc) is 3.26. The lowest BCUT2D eigenvalue weighted by Crippen LogP contribution is -2.31. The molecule has 2 heterocycles. The Kier molecular flexibility index (Phi) is 7.18. The van der Waals surface area contributed by atoms with Gasteiger partial charge in [0.25, 0.3) is 0 Å². The van der Waals surface area contributed by atoms with Gasteiger partial charge in [-0.25, -0.2) is 8.42 Å². The molecule has 11 heteroatoms. The summed E-state index contributed by atoms with van der Waals surface area (Å²) in [6, 6.07) is 9.59. The maximum Gasteiger partial charge on any atom is 0.243 e. The van der Waals surface area contributed by atoms with Crippen molar-refractivity contribution in [3.63, 3.8) is 0 Å². The minimum absolute atomic E-state index is 0.0278. The minimum Gasteiger partial charge on any atom is -0.495 e. The first-order valence-corrected chi connectivity index (χ1v) is 12.9. The highest BCUT2D eigenvalue weighted by Gasteiger charge is 2.36. The number of nitrogens with one attached hydrogen (secondary N) is 1. The monoisotopic (exact) mass is 503 g/mol. The molecule has 2 aromatic rings. The summed E-state index contributed by atoms with van der Waals surface area (Å²) in [5, 5.41) is 2.76. The lowest BCUT2D eigenvalue weighted by atomic mass is 10.1. The van der Waals surface area contributed by atoms with E-state index < -0.39 is 21.8 Å². The van der Waals surface area contributed by atoms with Crippen LogP contribution in [0.4, 0.5) is 11.4 Å². The molecule has 0 aromatic heterocycles. The number of nitrogens with zero attached hydrogens (tertiary/aromatic N) is 2. The number of sulfonamides is 1. The molecule has 0 radical (unpaired) electrons. The molecule has 1 atom stereocenters. The lowest BCUT2D eigenvalue weighted by molar-refractivity contribution is -0.122. The Bertz CT molecular complexity index is 1230. The lowest BCUT2D eigenvalue weighted by Gasteiger charge is -2.22. The minimum atomic E-state index is -3.72. The summed E-state index contributed by atoms with van der Waals surface area (Å²) in [7, 11) is -2.29. The molecule has 0 aliphatic carbocycles. The molecule has 2 aliphatic rings. The van der Waals surface area contributed by atoms with E-state index in [-0.39, 0.29) is 29.5 Å². The van der Waals surface area contributed by atoms with Crippen LogP contribution < -0.4 is 24.4 Å². The van der Waals surface area contributed by atoms with Gasteiger partial charge >= 0.3 is 0 Å². The molecule has 188 valence electrons. The van der Waals surface area contributed by atoms with E-state index in [0.29, 0.717) is 49.2 Å². The van der Waals surface area contributed by atoms with Crippen LogP contribution in [0.3, 0.4) is 0 Å². The molecular formula is C24H29N3O7S. The molecule has 2 aromatic carbocycles. The summed E-state index contributed by atoms with van der Waals surface area (Å²) >= 11 is 0. The van der Waals surface area contributed by atoms with Crippen molar-refractivity contribution in [3.8, 4) is 17.2 Å². The fourth-order valence-electron chi connectivity index (χ4n) is 4.23. The molecule has 1 saturated heterocycles. The Morgan fingerprint density at radius 2 is 1.83 bits per heavy atom. The number of benzene rings is 2. The Morgan fingerprint density at radius 3 is 2.51 bits per heavy atom. The molecule has 0 unspecified atom stereocenters. The number of anilines is 2. The van der Waals surface area contributed by atoms with Gasteiger partial charge in [0.1, 0.15) is 19.0 Å². The van der Waals surface area contributed by atoms with E-state index in [9.17, 15) is 18.0 Å². The van der Waals surface area contributed by atoms with E-state index >= 15 is 0 Å². The molecule has 0 spiro atoms. The maximum absolute atomic E-state index is 13.1. The largest absolute Gasteiger partial charge is 0.495 e. The van der Waals surface area contributed by atoms with Crippen molar-refractivity contribution in [2.45, 2.75) is 25.2 Å². The molecule has 2 aliphatic heterocycles. The van der Waals surface area contributed by atoms with Gasteiger partial charge in [-0.15, -0.1) is 0 Å². The molecule has 1 fully saturated rings. The summed E-state index contributed by atoms with van der Waals surface area (Å²) in [6.07, 6.45) is 0.0278. The number of methoxy groups -OCH3 is 1. The summed E-state index contributed by atoms with van der Waals surface area (Å²) in [5.74, 6) is 0.298. The second kappa shape index (κ2) is 10.1. The second-order valence-corrected chi connectivity index (χ2v) is 10.1. The number of hydrogen-bond donors (Lipinski definition) is 1. The quantitative estimate of drug-likeness (QED) is 0.589. The van der Waals surface area contributed by atoms with E-state index in [1.165, 1.54) is 29.6 Å². The number of fused-ring (bicyclic) bond motifs is 1. The van der Waals surface area contributed by atoms with Crippen LogP contribution in [-0.4, -0.2) is 64.5 Å². The van der Waals surface area contributed by atoms with Crippen LogP contribution in [0.1, 0.15) is 20.3 Å². The van der Waals surface area contributed by atoms with Crippen molar-refractivity contribution >= 4 is 33.2 Å². The number of ether oxygens (including phenoxy) is 3. The molecule has 2 amide bonds. The van der Waals surface area contributed by atoms with E-state index in [0.717, 1.165) is 0 Å². The highest BCUT2D eigenvalue weighted by atomic mass is 32.2. The Labute approximate surface area is 204 Å². The summed E-state index contributed by atoms with van der Waals surface area (Å²) in [5.41, 5.74) is 0.857. The standard InChI is InChI=1S/C24H29N3O7S/c1-4-26(5-2)35(30,31)18-7-9-20(32-3)19(14-18)25-24(29)16-12-23(28)27(15-16)17-6-8-21-22(13-17)34-11-10-33-21/h6-9,13-14,16H,4-5,10-12,15H2,1-3H3,(H,25,29)/t16-/m0/s1. The summed E-state index contributed by atoms with van der Waals surface area (Å²) in [6.45, 7) is 5.26. The highest BCUT2D eigenvalue weighted by Crippen LogP contribution is 2.36. The van der Waals surface area contributed by atoms with Crippen molar-refractivity contribution < 1.29 is 32.2 Å². The third-order valence-corrected chi connectivity index (χ3v) is 8.15. The van der Waals surface area contributed by atoms with Gasteiger partial charge in [0, 0.05) is 37.8 Å². The topological polar surface area (TPSA) is 114 Å². The molecular weight excluding hydrogens is 474 g/mol. The normalized spacial score (nSPS) is 17.5. The van der Waals surface area contributed by atoms with Crippen molar-refractivity contribution in [2.75, 3.05) is 50.2 Å². The van der Waals surface area contributed by atoms with E-state index in [4.69, 9.17) is 14.2 Å². The fraction of sp³-hybridized carbons (Fsp3) is 0.417. The van der Waals surface area contributed by atoms with Crippen LogP contribution in [0.15, 0.2) is 41.3 Å². The van der Waals surface area contributed by atoms with Crippen LogP contribution >= 0.6 is 0 Å². The van der Waals surface area contributed by atoms with Gasteiger partial charge in [0.2, 0.25) is 21.8 Å². The predicted molar refractivity (Wildman–Crippen MR) is 130 cm³/mol. The van der Waals surface area contributed by atoms with E-state index in [1.54, 1.807) is 36.9 Å². The molecule has 0 saturated carbocycles. The molecule has 0 bridgehead atoms. The van der Waals surface area contributed by atoms with Gasteiger partial charge in [0.15, 0.2) is 11.5 Å². The fourth-order valence-corrected chi connectivity index (χ4v) is 5.71. The van der Waals surface area contributed by atoms with E-state index in [2.05, 4.69) is 5.32 Å². The van der Waals surface area contributed by atoms with Gasteiger partial charge in [-0.2, -0.15) is 4.31 Å². The van der Waals surface area contributed by atoms with Crippen molar-refractivity contribution in [1.29, 1.82) is 0 Å². The number of carbonyl (C=O) groups excluding carboxylic acids is 2. The molecule has 1 N–H and O–H groups in total. The number of carbonyl (C=O) groups is 2. The Hall–Kier alpha value is -3.31. The van der Waals surface area contributed by atoms with Crippen LogP contribution in [-0.2, 0) is 19.6 Å². The number of hydrogen-bond acceptors (Lipinski definition) is 7. The predicted octanol–water partition coefficient (Wildman–Crippen LogP) is 2.49. The second-order valence-electron chi connectivity index (χ2n) is 8.17.